The first-order valence-corrected chi connectivity index (χ1v) is 8.27. The van der Waals surface area contributed by atoms with Crippen molar-refractivity contribution in [1.82, 2.24) is 10.3 Å². The molecule has 1 heterocycles. The van der Waals surface area contributed by atoms with Crippen LogP contribution < -0.4 is 10.1 Å². The molecular weight excluding hydrogens is 332 g/mol. The second-order valence-corrected chi connectivity index (χ2v) is 6.02. The number of rotatable bonds is 7. The van der Waals surface area contributed by atoms with Gasteiger partial charge in [-0.25, -0.2) is 4.79 Å². The number of H-pyrrole nitrogens is 1. The Morgan fingerprint density at radius 3 is 2.62 bits per heavy atom. The lowest BCUT2D eigenvalue weighted by molar-refractivity contribution is -0.141. The number of benzene rings is 2. The third kappa shape index (κ3) is 3.85. The molecule has 26 heavy (non-hydrogen) atoms. The highest BCUT2D eigenvalue weighted by Gasteiger charge is 2.23. The molecule has 0 bridgehead atoms. The summed E-state index contributed by atoms with van der Waals surface area (Å²) in [4.78, 5) is 27.0. The van der Waals surface area contributed by atoms with Gasteiger partial charge in [0.25, 0.3) is 0 Å². The van der Waals surface area contributed by atoms with Crippen molar-refractivity contribution in [1.29, 1.82) is 0 Å². The standard InChI is InChI=1S/C20H20N2O4/c1-26-17-9-5-8-15-19(17)14(12-21-15)11-16(20(24)25)22-18(23)10-13-6-3-2-4-7-13/h2-9,12,16,21H,10-11H2,1H3,(H,22,23)(H,24,25). The van der Waals surface area contributed by atoms with E-state index in [1.807, 2.05) is 48.5 Å². The van der Waals surface area contributed by atoms with Crippen LogP contribution in [0.2, 0.25) is 0 Å². The molecule has 1 atom stereocenters. The van der Waals surface area contributed by atoms with E-state index >= 15 is 0 Å². The van der Waals surface area contributed by atoms with E-state index in [0.29, 0.717) is 5.75 Å². The number of nitrogens with one attached hydrogen (secondary N) is 2. The summed E-state index contributed by atoms with van der Waals surface area (Å²) in [6, 6.07) is 13.8. The van der Waals surface area contributed by atoms with Crippen LogP contribution in [-0.4, -0.2) is 35.1 Å². The molecule has 0 aliphatic heterocycles. The van der Waals surface area contributed by atoms with Gasteiger partial charge >= 0.3 is 5.97 Å². The van der Waals surface area contributed by atoms with Crippen molar-refractivity contribution in [2.75, 3.05) is 7.11 Å². The normalized spacial score (nSPS) is 11.9. The fraction of sp³-hybridized carbons (Fsp3) is 0.200. The van der Waals surface area contributed by atoms with E-state index in [2.05, 4.69) is 10.3 Å². The number of amides is 1. The van der Waals surface area contributed by atoms with Crippen LogP contribution in [-0.2, 0) is 22.4 Å². The van der Waals surface area contributed by atoms with Gasteiger partial charge in [0.15, 0.2) is 0 Å². The SMILES string of the molecule is COc1cccc2[nH]cc(CC(NC(=O)Cc3ccccc3)C(=O)O)c12. The number of carboxylic acids is 1. The number of hydrogen-bond donors (Lipinski definition) is 3. The Hall–Kier alpha value is -3.28. The molecule has 3 N–H and O–H groups in total. The average Bonchev–Trinajstić information content (AvgIpc) is 3.05. The molecule has 0 radical (unpaired) electrons. The number of carboxylic acid groups (broad SMARTS) is 1. The van der Waals surface area contributed by atoms with Crippen LogP contribution in [0.25, 0.3) is 10.9 Å². The molecule has 0 aliphatic rings. The van der Waals surface area contributed by atoms with Crippen LogP contribution in [0.3, 0.4) is 0 Å². The maximum absolute atomic E-state index is 12.2. The topological polar surface area (TPSA) is 91.4 Å². The second kappa shape index (κ2) is 7.74. The lowest BCUT2D eigenvalue weighted by Crippen LogP contribution is -2.43. The van der Waals surface area contributed by atoms with Crippen molar-refractivity contribution in [3.05, 3.63) is 65.9 Å². The van der Waals surface area contributed by atoms with Gasteiger partial charge in [0.05, 0.1) is 13.5 Å². The number of ether oxygens (including phenoxy) is 1. The minimum absolute atomic E-state index is 0.141. The zero-order chi connectivity index (χ0) is 18.5. The van der Waals surface area contributed by atoms with Crippen molar-refractivity contribution in [3.63, 3.8) is 0 Å². The van der Waals surface area contributed by atoms with Gasteiger partial charge in [-0.1, -0.05) is 36.4 Å². The fourth-order valence-corrected chi connectivity index (χ4v) is 3.00. The number of carbonyl (C=O) groups excluding carboxylic acids is 1. The predicted molar refractivity (Wildman–Crippen MR) is 98.3 cm³/mol. The van der Waals surface area contributed by atoms with Crippen molar-refractivity contribution in [3.8, 4) is 5.75 Å². The first-order valence-electron chi connectivity index (χ1n) is 8.27. The molecule has 0 fully saturated rings. The summed E-state index contributed by atoms with van der Waals surface area (Å²) in [7, 11) is 1.57. The van der Waals surface area contributed by atoms with Gasteiger partial charge in [-0.3, -0.25) is 4.79 Å². The van der Waals surface area contributed by atoms with E-state index < -0.39 is 12.0 Å². The number of aliphatic carboxylic acids is 1. The van der Waals surface area contributed by atoms with E-state index in [9.17, 15) is 14.7 Å². The molecule has 0 saturated heterocycles. The molecule has 6 nitrogen and oxygen atoms in total. The fourth-order valence-electron chi connectivity index (χ4n) is 3.00. The third-order valence-electron chi connectivity index (χ3n) is 4.23. The molecule has 134 valence electrons. The highest BCUT2D eigenvalue weighted by Crippen LogP contribution is 2.29. The largest absolute Gasteiger partial charge is 0.496 e. The minimum atomic E-state index is -1.07. The van der Waals surface area contributed by atoms with E-state index in [4.69, 9.17) is 4.74 Å². The number of hydrogen-bond acceptors (Lipinski definition) is 3. The summed E-state index contributed by atoms with van der Waals surface area (Å²) in [6.07, 6.45) is 2.06. The summed E-state index contributed by atoms with van der Waals surface area (Å²) in [5, 5.41) is 13.0. The number of fused-ring (bicyclic) bond motifs is 1. The second-order valence-electron chi connectivity index (χ2n) is 6.02. The van der Waals surface area contributed by atoms with Gasteiger partial charge in [-0.05, 0) is 23.3 Å². The third-order valence-corrected chi connectivity index (χ3v) is 4.23. The molecule has 3 rings (SSSR count). The van der Waals surface area contributed by atoms with Crippen LogP contribution in [0.15, 0.2) is 54.7 Å². The summed E-state index contributed by atoms with van der Waals surface area (Å²) in [5.74, 6) is -0.732. The molecule has 2 aromatic carbocycles. The zero-order valence-electron chi connectivity index (χ0n) is 14.4. The molecule has 0 aliphatic carbocycles. The van der Waals surface area contributed by atoms with Gasteiger partial charge in [0.2, 0.25) is 5.91 Å². The maximum atomic E-state index is 12.2. The van der Waals surface area contributed by atoms with E-state index in [-0.39, 0.29) is 18.7 Å². The zero-order valence-corrected chi connectivity index (χ0v) is 14.4. The van der Waals surface area contributed by atoms with E-state index in [1.54, 1.807) is 13.3 Å². The molecule has 1 unspecified atom stereocenters. The van der Waals surface area contributed by atoms with Gasteiger partial charge < -0.3 is 20.1 Å². The Balaban J connectivity index is 1.77. The predicted octanol–water partition coefficient (Wildman–Crippen LogP) is 2.53. The highest BCUT2D eigenvalue weighted by atomic mass is 16.5. The number of methoxy groups -OCH3 is 1. The summed E-state index contributed by atoms with van der Waals surface area (Å²) in [6.45, 7) is 0. The Kier molecular flexibility index (Phi) is 5.22. The quantitative estimate of drug-likeness (QED) is 0.609. The molecule has 6 heteroatoms. The first-order chi connectivity index (χ1) is 12.6. The smallest absolute Gasteiger partial charge is 0.326 e. The summed E-state index contributed by atoms with van der Waals surface area (Å²) in [5.41, 5.74) is 2.48. The molecule has 1 aromatic heterocycles. The Bertz CT molecular complexity index is 918. The van der Waals surface area contributed by atoms with Crippen molar-refractivity contribution >= 4 is 22.8 Å². The number of aromatic amines is 1. The van der Waals surface area contributed by atoms with Gasteiger partial charge in [-0.15, -0.1) is 0 Å². The van der Waals surface area contributed by atoms with E-state index in [1.165, 1.54) is 0 Å². The molecule has 1 amide bonds. The van der Waals surface area contributed by atoms with Gasteiger partial charge in [0.1, 0.15) is 11.8 Å². The molecule has 3 aromatic rings. The Morgan fingerprint density at radius 1 is 1.15 bits per heavy atom. The number of aromatic nitrogens is 1. The van der Waals surface area contributed by atoms with Crippen molar-refractivity contribution in [2.24, 2.45) is 0 Å². The lowest BCUT2D eigenvalue weighted by atomic mass is 10.0. The van der Waals surface area contributed by atoms with Crippen LogP contribution in [0, 0.1) is 0 Å². The van der Waals surface area contributed by atoms with Crippen molar-refractivity contribution < 1.29 is 19.4 Å². The van der Waals surface area contributed by atoms with Crippen LogP contribution in [0.1, 0.15) is 11.1 Å². The average molecular weight is 352 g/mol. The minimum Gasteiger partial charge on any atom is -0.496 e. The van der Waals surface area contributed by atoms with Crippen LogP contribution in [0.5, 0.6) is 5.75 Å². The Labute approximate surface area is 150 Å². The Morgan fingerprint density at radius 2 is 1.92 bits per heavy atom. The van der Waals surface area contributed by atoms with Crippen LogP contribution >= 0.6 is 0 Å². The molecular formula is C20H20N2O4. The lowest BCUT2D eigenvalue weighted by Gasteiger charge is -2.15. The maximum Gasteiger partial charge on any atom is 0.326 e. The monoisotopic (exact) mass is 352 g/mol. The molecule has 0 spiro atoms. The van der Waals surface area contributed by atoms with Crippen molar-refractivity contribution in [2.45, 2.75) is 18.9 Å². The van der Waals surface area contributed by atoms with Crippen LogP contribution in [0.4, 0.5) is 0 Å². The summed E-state index contributed by atoms with van der Waals surface area (Å²) < 4.78 is 5.37. The van der Waals surface area contributed by atoms with Gasteiger partial charge in [-0.2, -0.15) is 0 Å². The first kappa shape index (κ1) is 17.5. The number of carbonyl (C=O) groups is 2. The summed E-state index contributed by atoms with van der Waals surface area (Å²) >= 11 is 0. The highest BCUT2D eigenvalue weighted by molar-refractivity contribution is 5.91. The molecule has 0 saturated carbocycles. The van der Waals surface area contributed by atoms with Gasteiger partial charge in [0, 0.05) is 23.5 Å². The van der Waals surface area contributed by atoms with E-state index in [0.717, 1.165) is 22.0 Å².